The normalized spacial score (nSPS) is 11.0. The average molecular weight is 560 g/mol. The molecule has 0 fully saturated rings. The Hall–Kier alpha value is -5.22. The molecule has 0 spiro atoms. The Kier molecular flexibility index (Phi) is 8.16. The molecule has 0 saturated carbocycles. The number of rotatable bonds is 9. The van der Waals surface area contributed by atoms with Crippen molar-refractivity contribution in [1.29, 1.82) is 5.26 Å². The Morgan fingerprint density at radius 1 is 0.929 bits per heavy atom. The average Bonchev–Trinajstić information content (AvgIpc) is 3.34. The highest BCUT2D eigenvalue weighted by atomic mass is 19.1. The number of benzene rings is 4. The second-order valence-electron chi connectivity index (χ2n) is 10.7. The monoisotopic (exact) mass is 559 g/mol. The molecule has 5 aromatic rings. The fourth-order valence-corrected chi connectivity index (χ4v) is 5.01. The van der Waals surface area contributed by atoms with Crippen molar-refractivity contribution in [2.75, 3.05) is 6.54 Å². The van der Waals surface area contributed by atoms with Crippen molar-refractivity contribution in [3.63, 3.8) is 0 Å². The number of nitrogens with two attached hydrogens (primary N) is 1. The molecule has 3 N–H and O–H groups in total. The third kappa shape index (κ3) is 6.08. The summed E-state index contributed by atoms with van der Waals surface area (Å²) in [5, 5.41) is 12.7. The minimum absolute atomic E-state index is 0.199. The predicted octanol–water partition coefficient (Wildman–Crippen LogP) is 7.05. The van der Waals surface area contributed by atoms with Crippen LogP contribution in [0.1, 0.15) is 51.5 Å². The Balaban J connectivity index is 1.58. The summed E-state index contributed by atoms with van der Waals surface area (Å²) in [4.78, 5) is 26.0. The topological polar surface area (TPSA) is 109 Å². The van der Waals surface area contributed by atoms with Gasteiger partial charge in [-0.05, 0) is 69.6 Å². The van der Waals surface area contributed by atoms with E-state index in [2.05, 4.69) is 11.4 Å². The number of nitriles is 1. The van der Waals surface area contributed by atoms with Gasteiger partial charge in [0.2, 0.25) is 0 Å². The van der Waals surface area contributed by atoms with Crippen molar-refractivity contribution in [3.05, 3.63) is 119 Å². The summed E-state index contributed by atoms with van der Waals surface area (Å²) in [5.74, 6) is -0.484. The van der Waals surface area contributed by atoms with Crippen molar-refractivity contribution in [2.45, 2.75) is 26.7 Å². The maximum atomic E-state index is 13.4. The molecule has 5 rings (SSSR count). The molecule has 0 unspecified atom stereocenters. The molecule has 6 nitrogen and oxygen atoms in total. The first kappa shape index (κ1) is 28.3. The van der Waals surface area contributed by atoms with Crippen molar-refractivity contribution < 1.29 is 18.4 Å². The third-order valence-electron chi connectivity index (χ3n) is 7.07. The van der Waals surface area contributed by atoms with Gasteiger partial charge in [-0.15, -0.1) is 0 Å². The lowest BCUT2D eigenvalue weighted by Gasteiger charge is -2.14. The Labute approximate surface area is 243 Å². The highest BCUT2D eigenvalue weighted by Crippen LogP contribution is 2.34. The molecule has 1 aromatic heterocycles. The van der Waals surface area contributed by atoms with Crippen LogP contribution in [-0.2, 0) is 12.8 Å². The van der Waals surface area contributed by atoms with Crippen molar-refractivity contribution in [3.8, 4) is 28.3 Å². The third-order valence-corrected chi connectivity index (χ3v) is 7.07. The maximum absolute atomic E-state index is 13.4. The van der Waals surface area contributed by atoms with Gasteiger partial charge in [0.05, 0.1) is 18.1 Å². The number of furan rings is 1. The Bertz CT molecular complexity index is 1830. The van der Waals surface area contributed by atoms with Gasteiger partial charge in [-0.1, -0.05) is 68.4 Å². The summed E-state index contributed by atoms with van der Waals surface area (Å²) in [6.45, 7) is 4.59. The summed E-state index contributed by atoms with van der Waals surface area (Å²) >= 11 is 0. The minimum Gasteiger partial charge on any atom is -0.460 e. The lowest BCUT2D eigenvalue weighted by atomic mass is 9.92. The van der Waals surface area contributed by atoms with Crippen LogP contribution in [0.4, 0.5) is 4.39 Å². The van der Waals surface area contributed by atoms with Crippen LogP contribution in [-0.4, -0.2) is 18.4 Å². The number of amides is 2. The molecule has 0 atom stereocenters. The maximum Gasteiger partial charge on any atom is 0.252 e. The number of carbonyl (C=O) groups is 2. The van der Waals surface area contributed by atoms with Gasteiger partial charge in [-0.25, -0.2) is 4.39 Å². The first-order chi connectivity index (χ1) is 20.2. The number of carbonyl (C=O) groups excluding carboxylic acids is 2. The van der Waals surface area contributed by atoms with Crippen LogP contribution in [0, 0.1) is 23.1 Å². The first-order valence-corrected chi connectivity index (χ1v) is 13.7. The Morgan fingerprint density at radius 3 is 2.38 bits per heavy atom. The predicted molar refractivity (Wildman–Crippen MR) is 161 cm³/mol. The smallest absolute Gasteiger partial charge is 0.252 e. The van der Waals surface area contributed by atoms with Gasteiger partial charge in [0.15, 0.2) is 0 Å². The van der Waals surface area contributed by atoms with E-state index in [0.29, 0.717) is 28.8 Å². The van der Waals surface area contributed by atoms with E-state index in [-0.39, 0.29) is 36.0 Å². The van der Waals surface area contributed by atoms with Gasteiger partial charge < -0.3 is 15.5 Å². The number of primary amides is 1. The lowest BCUT2D eigenvalue weighted by molar-refractivity contribution is 0.0948. The van der Waals surface area contributed by atoms with E-state index in [0.717, 1.165) is 33.4 Å². The van der Waals surface area contributed by atoms with Crippen LogP contribution in [0.25, 0.3) is 33.2 Å². The van der Waals surface area contributed by atoms with Crippen LogP contribution >= 0.6 is 0 Å². The second-order valence-corrected chi connectivity index (χ2v) is 10.7. The number of hydrogen-bond donors (Lipinski definition) is 2. The van der Waals surface area contributed by atoms with Crippen molar-refractivity contribution in [2.24, 2.45) is 11.7 Å². The number of fused-ring (bicyclic) bond motifs is 1. The SMILES string of the molecule is CC(C)CNC(=O)c1cc(-c2ccc3oc(Cc4ccc(F)cc4)c(C(N)=O)c3c2)ccc1-c1cccc(CC#N)c1. The van der Waals surface area contributed by atoms with Crippen LogP contribution < -0.4 is 11.1 Å². The lowest BCUT2D eigenvalue weighted by Crippen LogP contribution is -2.27. The fraction of sp³-hybridized carbons (Fsp3) is 0.171. The van der Waals surface area contributed by atoms with E-state index in [9.17, 15) is 14.0 Å². The highest BCUT2D eigenvalue weighted by Gasteiger charge is 2.21. The van der Waals surface area contributed by atoms with Gasteiger partial charge in [-0.3, -0.25) is 9.59 Å². The molecule has 210 valence electrons. The van der Waals surface area contributed by atoms with E-state index < -0.39 is 5.91 Å². The second kappa shape index (κ2) is 12.1. The zero-order chi connectivity index (χ0) is 29.8. The quantitative estimate of drug-likeness (QED) is 0.202. The molecule has 4 aromatic carbocycles. The van der Waals surface area contributed by atoms with E-state index in [1.54, 1.807) is 18.2 Å². The van der Waals surface area contributed by atoms with E-state index >= 15 is 0 Å². The summed E-state index contributed by atoms with van der Waals surface area (Å²) < 4.78 is 19.4. The van der Waals surface area contributed by atoms with Crippen molar-refractivity contribution >= 4 is 22.8 Å². The number of nitrogens with one attached hydrogen (secondary N) is 1. The molecule has 42 heavy (non-hydrogen) atoms. The molecule has 0 aliphatic rings. The van der Waals surface area contributed by atoms with Gasteiger partial charge in [0.25, 0.3) is 11.8 Å². The largest absolute Gasteiger partial charge is 0.460 e. The standard InChI is InChI=1S/C35H30FN3O3/c1-21(2)20-39-35(41)29-18-24(8-12-28(29)26-5-3-4-22(16-26)14-15-37)25-9-13-31-30(19-25)33(34(38)40)32(42-31)17-23-6-10-27(36)11-7-23/h3-13,16,18-19,21H,14,17,20H2,1-2H3,(H2,38,40)(H,39,41). The van der Waals surface area contributed by atoms with Gasteiger partial charge in [0.1, 0.15) is 17.2 Å². The molecule has 1 heterocycles. The van der Waals surface area contributed by atoms with Gasteiger partial charge in [0, 0.05) is 23.9 Å². The summed E-state index contributed by atoms with van der Waals surface area (Å²) in [6, 6.07) is 27.0. The molecular weight excluding hydrogens is 529 g/mol. The molecule has 0 radical (unpaired) electrons. The van der Waals surface area contributed by atoms with Crippen molar-refractivity contribution in [1.82, 2.24) is 5.32 Å². The van der Waals surface area contributed by atoms with E-state index in [1.165, 1.54) is 12.1 Å². The summed E-state index contributed by atoms with van der Waals surface area (Å²) in [7, 11) is 0. The summed E-state index contributed by atoms with van der Waals surface area (Å²) in [5.41, 5.74) is 11.9. The summed E-state index contributed by atoms with van der Waals surface area (Å²) in [6.07, 6.45) is 0.555. The number of nitrogens with zero attached hydrogens (tertiary/aromatic N) is 1. The zero-order valence-electron chi connectivity index (χ0n) is 23.4. The van der Waals surface area contributed by atoms with Gasteiger partial charge >= 0.3 is 0 Å². The number of hydrogen-bond acceptors (Lipinski definition) is 4. The van der Waals surface area contributed by atoms with Crippen LogP contribution in [0.2, 0.25) is 0 Å². The zero-order valence-corrected chi connectivity index (χ0v) is 23.4. The highest BCUT2D eigenvalue weighted by molar-refractivity contribution is 6.08. The molecule has 0 bridgehead atoms. The van der Waals surface area contributed by atoms with Crippen LogP contribution in [0.3, 0.4) is 0 Å². The van der Waals surface area contributed by atoms with Crippen LogP contribution in [0.5, 0.6) is 0 Å². The minimum atomic E-state index is -0.621. The van der Waals surface area contributed by atoms with Gasteiger partial charge in [-0.2, -0.15) is 5.26 Å². The molecule has 2 amide bonds. The van der Waals surface area contributed by atoms with E-state index in [4.69, 9.17) is 15.4 Å². The molecule has 0 saturated heterocycles. The van der Waals surface area contributed by atoms with Crippen LogP contribution in [0.15, 0.2) is 89.3 Å². The first-order valence-electron chi connectivity index (χ1n) is 13.7. The fourth-order valence-electron chi connectivity index (χ4n) is 5.01. The molecule has 0 aliphatic carbocycles. The molecule has 7 heteroatoms. The molecule has 0 aliphatic heterocycles. The molecular formula is C35H30FN3O3. The van der Waals surface area contributed by atoms with E-state index in [1.807, 2.05) is 68.4 Å². The Morgan fingerprint density at radius 2 is 1.67 bits per heavy atom. The number of halogens is 1.